The van der Waals surface area contributed by atoms with E-state index in [0.29, 0.717) is 6.42 Å². The predicted octanol–water partition coefficient (Wildman–Crippen LogP) is 5.68. The number of carbonyl (C=O) groups excluding carboxylic acids is 2. The van der Waals surface area contributed by atoms with E-state index in [1.54, 1.807) is 11.3 Å². The number of aryl methyl sites for hydroxylation is 1. The second-order valence-corrected chi connectivity index (χ2v) is 13.3. The van der Waals surface area contributed by atoms with Crippen LogP contribution in [0.15, 0.2) is 11.0 Å². The molecule has 0 aromatic carbocycles. The minimum absolute atomic E-state index is 0.00535. The fourth-order valence-electron chi connectivity index (χ4n) is 5.66. The molecule has 1 N–H and O–H groups in total. The zero-order valence-electron chi connectivity index (χ0n) is 23.2. The Morgan fingerprint density at radius 3 is 2.54 bits per heavy atom. The first kappa shape index (κ1) is 30.8. The van der Waals surface area contributed by atoms with E-state index in [-0.39, 0.29) is 47.7 Å². The smallest absolute Gasteiger partial charge is 0.309 e. The normalized spacial score (nSPS) is 36.1. The van der Waals surface area contributed by atoms with Crippen molar-refractivity contribution in [2.45, 2.75) is 110 Å². The molecule has 0 amide bonds. The van der Waals surface area contributed by atoms with Crippen LogP contribution in [0.1, 0.15) is 84.3 Å². The number of fused-ring (bicyclic) bond motifs is 1. The number of carbonyl (C=O) groups is 2. The molecule has 0 radical (unpaired) electrons. The van der Waals surface area contributed by atoms with E-state index in [1.807, 2.05) is 46.1 Å². The Kier molecular flexibility index (Phi) is 10.5. The molecule has 37 heavy (non-hydrogen) atoms. The van der Waals surface area contributed by atoms with E-state index in [1.165, 1.54) is 0 Å². The summed E-state index contributed by atoms with van der Waals surface area (Å²) in [7, 11) is 4.58. The van der Waals surface area contributed by atoms with Crippen molar-refractivity contribution >= 4 is 48.1 Å². The Labute approximate surface area is 230 Å². The lowest BCUT2D eigenvalue weighted by molar-refractivity contribution is -0.152. The second kappa shape index (κ2) is 12.6. The highest BCUT2D eigenvalue weighted by atomic mass is 32.1. The van der Waals surface area contributed by atoms with Crippen molar-refractivity contribution in [1.82, 2.24) is 10.3 Å². The van der Waals surface area contributed by atoms with Gasteiger partial charge in [-0.25, -0.2) is 4.98 Å². The summed E-state index contributed by atoms with van der Waals surface area (Å²) in [4.78, 5) is 31.5. The lowest BCUT2D eigenvalue weighted by Gasteiger charge is -2.37. The second-order valence-electron chi connectivity index (χ2n) is 11.7. The molecule has 1 aromatic rings. The molecule has 2 aliphatic rings. The van der Waals surface area contributed by atoms with Gasteiger partial charge in [0.15, 0.2) is 0 Å². The number of aromatic nitrogens is 1. The van der Waals surface area contributed by atoms with E-state index in [9.17, 15) is 9.59 Å². The van der Waals surface area contributed by atoms with Crippen LogP contribution in [-0.4, -0.2) is 46.6 Å². The zero-order valence-corrected chi connectivity index (χ0v) is 26.3. The van der Waals surface area contributed by atoms with E-state index in [0.717, 1.165) is 35.5 Å². The van der Waals surface area contributed by atoms with Crippen molar-refractivity contribution < 1.29 is 23.4 Å². The lowest BCUT2D eigenvalue weighted by Crippen LogP contribution is -2.46. The molecular formula is C27H44N2O5P2S. The van der Waals surface area contributed by atoms with Crippen LogP contribution in [0.3, 0.4) is 0 Å². The van der Waals surface area contributed by atoms with Crippen LogP contribution in [0, 0.1) is 24.2 Å². The first-order valence-electron chi connectivity index (χ1n) is 13.1. The third-order valence-electron chi connectivity index (χ3n) is 8.37. The average Bonchev–Trinajstić information content (AvgIpc) is 3.27. The summed E-state index contributed by atoms with van der Waals surface area (Å²) in [6.07, 6.45) is 4.39. The molecule has 2 fully saturated rings. The molecule has 9 unspecified atom stereocenters. The van der Waals surface area contributed by atoms with Crippen molar-refractivity contribution in [2.24, 2.45) is 17.3 Å². The summed E-state index contributed by atoms with van der Waals surface area (Å²) in [5.41, 5.74) is 0.928. The Balaban J connectivity index is 1.90. The third-order valence-corrected chi connectivity index (χ3v) is 9.80. The number of nitrogens with one attached hydrogen (secondary N) is 1. The summed E-state index contributed by atoms with van der Waals surface area (Å²) >= 11 is 1.60. The van der Waals surface area contributed by atoms with Gasteiger partial charge in [-0.05, 0) is 51.2 Å². The first-order valence-corrected chi connectivity index (χ1v) is 15.0. The van der Waals surface area contributed by atoms with Crippen molar-refractivity contribution in [1.29, 1.82) is 0 Å². The van der Waals surface area contributed by atoms with Gasteiger partial charge in [0.05, 0.1) is 34.7 Å². The van der Waals surface area contributed by atoms with Crippen LogP contribution in [0.4, 0.5) is 0 Å². The van der Waals surface area contributed by atoms with E-state index < -0.39 is 17.6 Å². The van der Waals surface area contributed by atoms with Gasteiger partial charge in [0.25, 0.3) is 0 Å². The van der Waals surface area contributed by atoms with Gasteiger partial charge in [0.1, 0.15) is 11.9 Å². The standard InChI is InChI=1S/C27H44N2O5P2S/c1-15-9-8-10-27(7)21(29-27)12-20(16(2)11-19-14-37-18(4)28-19)32-23(30)13-22(33-35)26(5,6)25(31)17(3)24(15)34-36/h11,14-15,17,20-22,24,29H,8-10,12-13,35-36H2,1-7H3/b16-11+. The number of hydrogen-bond donors (Lipinski definition) is 1. The number of ketones is 1. The van der Waals surface area contributed by atoms with E-state index in [4.69, 9.17) is 13.8 Å². The van der Waals surface area contributed by atoms with Gasteiger partial charge in [-0.1, -0.05) is 34.1 Å². The molecule has 2 aliphatic heterocycles. The predicted molar refractivity (Wildman–Crippen MR) is 155 cm³/mol. The molecule has 0 aliphatic carbocycles. The van der Waals surface area contributed by atoms with Gasteiger partial charge in [-0.2, -0.15) is 0 Å². The van der Waals surface area contributed by atoms with Gasteiger partial charge in [0.2, 0.25) is 0 Å². The van der Waals surface area contributed by atoms with Crippen molar-refractivity contribution in [2.75, 3.05) is 0 Å². The quantitative estimate of drug-likeness (QED) is 0.283. The topological polar surface area (TPSA) is 96.7 Å². The molecule has 0 bridgehead atoms. The zero-order chi connectivity index (χ0) is 27.5. The largest absolute Gasteiger partial charge is 0.458 e. The number of Topliss-reactive ketones (excluding diaryl/α,β-unsaturated/α-hetero) is 1. The molecular weight excluding hydrogens is 526 g/mol. The highest BCUT2D eigenvalue weighted by molar-refractivity contribution is 7.10. The van der Waals surface area contributed by atoms with Crippen LogP contribution in [0.25, 0.3) is 6.08 Å². The Bertz CT molecular complexity index is 999. The molecule has 7 nitrogen and oxygen atoms in total. The van der Waals surface area contributed by atoms with Crippen LogP contribution in [-0.2, 0) is 23.4 Å². The van der Waals surface area contributed by atoms with Gasteiger partial charge in [-0.15, -0.1) is 11.3 Å². The van der Waals surface area contributed by atoms with E-state index in [2.05, 4.69) is 43.1 Å². The Hall–Kier alpha value is -0.750. The number of esters is 1. The number of nitrogens with zero attached hydrogens (tertiary/aromatic N) is 1. The molecule has 2 saturated heterocycles. The highest BCUT2D eigenvalue weighted by Gasteiger charge is 2.50. The summed E-state index contributed by atoms with van der Waals surface area (Å²) < 4.78 is 17.5. The van der Waals surface area contributed by atoms with Crippen molar-refractivity contribution in [3.8, 4) is 0 Å². The fourth-order valence-corrected chi connectivity index (χ4v) is 7.17. The maximum atomic E-state index is 13.7. The molecule has 3 heterocycles. The van der Waals surface area contributed by atoms with Gasteiger partial charge >= 0.3 is 5.97 Å². The number of rotatable bonds is 4. The van der Waals surface area contributed by atoms with E-state index >= 15 is 0 Å². The number of hydrogen-bond acceptors (Lipinski definition) is 8. The maximum Gasteiger partial charge on any atom is 0.309 e. The van der Waals surface area contributed by atoms with Gasteiger partial charge < -0.3 is 19.1 Å². The number of thiazole rings is 1. The van der Waals surface area contributed by atoms with Crippen LogP contribution < -0.4 is 5.32 Å². The number of ether oxygens (including phenoxy) is 1. The SMILES string of the molecule is C/C(=C\c1csc(C)n1)C1CC2NC2(C)CCCC(C)C(OP)C(C)C(=O)C(C)(C)C(OP)CC(=O)O1. The van der Waals surface area contributed by atoms with Crippen molar-refractivity contribution in [3.05, 3.63) is 21.7 Å². The molecule has 208 valence electrons. The van der Waals surface area contributed by atoms with Crippen molar-refractivity contribution in [3.63, 3.8) is 0 Å². The molecule has 3 rings (SSSR count). The molecule has 1 aromatic heterocycles. The monoisotopic (exact) mass is 570 g/mol. The Morgan fingerprint density at radius 1 is 1.24 bits per heavy atom. The lowest BCUT2D eigenvalue weighted by atomic mass is 9.73. The summed E-state index contributed by atoms with van der Waals surface area (Å²) in [5, 5.41) is 6.65. The molecule has 10 heteroatoms. The summed E-state index contributed by atoms with van der Waals surface area (Å²) in [5.74, 6) is -0.506. The van der Waals surface area contributed by atoms with Gasteiger partial charge in [0, 0.05) is 48.2 Å². The first-order chi connectivity index (χ1) is 17.3. The third kappa shape index (κ3) is 7.47. The van der Waals surface area contributed by atoms with Crippen LogP contribution >= 0.6 is 30.3 Å². The Morgan fingerprint density at radius 2 is 1.95 bits per heavy atom. The maximum absolute atomic E-state index is 13.7. The molecule has 9 atom stereocenters. The molecule has 0 spiro atoms. The van der Waals surface area contributed by atoms with Crippen LogP contribution in [0.5, 0.6) is 0 Å². The molecule has 0 saturated carbocycles. The highest BCUT2D eigenvalue weighted by Crippen LogP contribution is 2.40. The minimum Gasteiger partial charge on any atom is -0.458 e. The fraction of sp³-hybridized carbons (Fsp3) is 0.741. The summed E-state index contributed by atoms with van der Waals surface area (Å²) in [6.45, 7) is 14.0. The van der Waals surface area contributed by atoms with Crippen LogP contribution in [0.2, 0.25) is 0 Å². The van der Waals surface area contributed by atoms with Gasteiger partial charge in [-0.3, -0.25) is 9.59 Å². The summed E-state index contributed by atoms with van der Waals surface area (Å²) in [6, 6.07) is 0.258. The average molecular weight is 571 g/mol. The minimum atomic E-state index is -0.909. The number of cyclic esters (lactones) is 1.